The Morgan fingerprint density at radius 1 is 0.706 bits per heavy atom. The van der Waals surface area contributed by atoms with Gasteiger partial charge in [0, 0.05) is 32.3 Å². The summed E-state index contributed by atoms with van der Waals surface area (Å²) in [7, 11) is 0. The first-order valence-electron chi connectivity index (χ1n) is 10.1. The molecular weight excluding hydrogens is 474 g/mol. The summed E-state index contributed by atoms with van der Waals surface area (Å²) in [6, 6.07) is 19.0. The Kier molecular flexibility index (Phi) is 5.35. The van der Waals surface area contributed by atoms with Crippen molar-refractivity contribution in [3.63, 3.8) is 0 Å². The van der Waals surface area contributed by atoms with E-state index in [1.165, 1.54) is 24.3 Å². The summed E-state index contributed by atoms with van der Waals surface area (Å²) in [6.07, 6.45) is 0. The van der Waals surface area contributed by atoms with Crippen molar-refractivity contribution in [3.8, 4) is 10.1 Å². The lowest BCUT2D eigenvalue weighted by molar-refractivity contribution is -0.384. The van der Waals surface area contributed by atoms with Crippen molar-refractivity contribution in [1.29, 1.82) is 0 Å². The SMILES string of the molecule is O=c1c(C(c2ccc([N+](=O)[O-])cc2)c2c(O)sc3ccccc3c2=O)c(O)sc2ccccc12. The minimum absolute atomic E-state index is 0.0626. The van der Waals surface area contributed by atoms with Gasteiger partial charge in [0.1, 0.15) is 0 Å². The molecule has 3 aromatic carbocycles. The van der Waals surface area contributed by atoms with Gasteiger partial charge in [0.2, 0.25) is 0 Å². The fourth-order valence-electron chi connectivity index (χ4n) is 4.06. The molecule has 7 nitrogen and oxygen atoms in total. The van der Waals surface area contributed by atoms with Crippen LogP contribution in [0.15, 0.2) is 82.4 Å². The molecule has 0 bridgehead atoms. The van der Waals surface area contributed by atoms with Gasteiger partial charge in [-0.15, -0.1) is 0 Å². The second-order valence-electron chi connectivity index (χ2n) is 7.57. The van der Waals surface area contributed by atoms with Gasteiger partial charge in [0.05, 0.1) is 22.0 Å². The number of benzene rings is 3. The highest BCUT2D eigenvalue weighted by atomic mass is 32.1. The number of fused-ring (bicyclic) bond motifs is 2. The van der Waals surface area contributed by atoms with Crippen LogP contribution in [0.25, 0.3) is 20.2 Å². The molecule has 168 valence electrons. The van der Waals surface area contributed by atoms with E-state index in [4.69, 9.17) is 0 Å². The van der Waals surface area contributed by atoms with Gasteiger partial charge in [0.15, 0.2) is 21.0 Å². The van der Waals surface area contributed by atoms with Crippen molar-refractivity contribution >= 4 is 48.5 Å². The van der Waals surface area contributed by atoms with Gasteiger partial charge in [-0.2, -0.15) is 0 Å². The second kappa shape index (κ2) is 8.36. The maximum absolute atomic E-state index is 13.6. The van der Waals surface area contributed by atoms with Crippen LogP contribution in [0.2, 0.25) is 0 Å². The van der Waals surface area contributed by atoms with Crippen LogP contribution in [-0.2, 0) is 0 Å². The number of nitro groups is 1. The quantitative estimate of drug-likeness (QED) is 0.260. The normalized spacial score (nSPS) is 11.3. The Balaban J connectivity index is 1.88. The Bertz CT molecular complexity index is 1610. The Labute approximate surface area is 199 Å². The van der Waals surface area contributed by atoms with Crippen LogP contribution < -0.4 is 10.9 Å². The summed E-state index contributed by atoms with van der Waals surface area (Å²) in [5.41, 5.74) is -0.891. The summed E-state index contributed by atoms with van der Waals surface area (Å²) in [5, 5.41) is 33.2. The van der Waals surface area contributed by atoms with E-state index in [1.807, 2.05) is 0 Å². The molecule has 5 aromatic rings. The number of hydrogen-bond donors (Lipinski definition) is 2. The van der Waals surface area contributed by atoms with E-state index < -0.39 is 21.7 Å². The largest absolute Gasteiger partial charge is 0.499 e. The number of aromatic hydroxyl groups is 2. The smallest absolute Gasteiger partial charge is 0.269 e. The molecule has 2 aromatic heterocycles. The van der Waals surface area contributed by atoms with E-state index in [0.29, 0.717) is 25.7 Å². The van der Waals surface area contributed by atoms with E-state index in [0.717, 1.165) is 22.7 Å². The molecule has 2 heterocycles. The first-order valence-corrected chi connectivity index (χ1v) is 11.7. The first-order chi connectivity index (χ1) is 16.4. The van der Waals surface area contributed by atoms with Crippen molar-refractivity contribution in [2.75, 3.05) is 0 Å². The third-order valence-electron chi connectivity index (χ3n) is 5.64. The lowest BCUT2D eigenvalue weighted by Gasteiger charge is -2.20. The zero-order valence-corrected chi connectivity index (χ0v) is 18.9. The third kappa shape index (κ3) is 3.51. The highest BCUT2D eigenvalue weighted by Gasteiger charge is 2.31. The van der Waals surface area contributed by atoms with Crippen LogP contribution in [0.4, 0.5) is 5.69 Å². The molecular formula is C25H15NO6S2. The van der Waals surface area contributed by atoms with Gasteiger partial charge in [-0.3, -0.25) is 19.7 Å². The zero-order valence-electron chi connectivity index (χ0n) is 17.3. The monoisotopic (exact) mass is 489 g/mol. The van der Waals surface area contributed by atoms with Gasteiger partial charge in [-0.25, -0.2) is 0 Å². The molecule has 5 rings (SSSR count). The lowest BCUT2D eigenvalue weighted by Crippen LogP contribution is -2.21. The molecule has 34 heavy (non-hydrogen) atoms. The minimum Gasteiger partial charge on any atom is -0.499 e. The molecule has 0 unspecified atom stereocenters. The predicted octanol–water partition coefficient (Wildman–Crippen LogP) is 5.34. The topological polar surface area (TPSA) is 118 Å². The van der Waals surface area contributed by atoms with Gasteiger partial charge < -0.3 is 10.2 Å². The highest BCUT2D eigenvalue weighted by Crippen LogP contribution is 2.43. The van der Waals surface area contributed by atoms with Gasteiger partial charge in [-0.1, -0.05) is 59.1 Å². The lowest BCUT2D eigenvalue weighted by atomic mass is 9.85. The fourth-order valence-corrected chi connectivity index (χ4v) is 5.96. The van der Waals surface area contributed by atoms with Crippen LogP contribution in [0, 0.1) is 10.1 Å². The molecule has 0 amide bonds. The molecule has 2 N–H and O–H groups in total. The predicted molar refractivity (Wildman–Crippen MR) is 134 cm³/mol. The van der Waals surface area contributed by atoms with Gasteiger partial charge >= 0.3 is 0 Å². The van der Waals surface area contributed by atoms with E-state index in [9.17, 15) is 29.9 Å². The molecule has 0 atom stereocenters. The molecule has 0 fully saturated rings. The van der Waals surface area contributed by atoms with Gasteiger partial charge in [-0.05, 0) is 29.8 Å². The van der Waals surface area contributed by atoms with Crippen molar-refractivity contribution in [3.05, 3.63) is 120 Å². The van der Waals surface area contributed by atoms with E-state index in [1.54, 1.807) is 48.5 Å². The average Bonchev–Trinajstić information content (AvgIpc) is 2.83. The number of hydrogen-bond acceptors (Lipinski definition) is 8. The van der Waals surface area contributed by atoms with Crippen LogP contribution in [0.3, 0.4) is 0 Å². The van der Waals surface area contributed by atoms with Crippen molar-refractivity contribution in [1.82, 2.24) is 0 Å². The van der Waals surface area contributed by atoms with Gasteiger partial charge in [0.25, 0.3) is 5.69 Å². The minimum atomic E-state index is -1.14. The fraction of sp³-hybridized carbons (Fsp3) is 0.0400. The molecule has 0 radical (unpaired) electrons. The van der Waals surface area contributed by atoms with Crippen LogP contribution >= 0.6 is 22.7 Å². The number of rotatable bonds is 4. The molecule has 0 aliphatic rings. The number of nitro benzene ring substituents is 1. The second-order valence-corrected chi connectivity index (χ2v) is 9.64. The van der Waals surface area contributed by atoms with E-state index in [2.05, 4.69) is 0 Å². The van der Waals surface area contributed by atoms with E-state index in [-0.39, 0.29) is 26.9 Å². The summed E-state index contributed by atoms with van der Waals surface area (Å²) in [4.78, 5) is 37.7. The molecule has 0 aliphatic heterocycles. The average molecular weight is 490 g/mol. The molecule has 9 heteroatoms. The molecule has 0 aliphatic carbocycles. The summed E-state index contributed by atoms with van der Waals surface area (Å²) < 4.78 is 1.15. The molecule has 0 saturated carbocycles. The first kappa shape index (κ1) is 21.7. The Morgan fingerprint density at radius 2 is 1.15 bits per heavy atom. The zero-order chi connectivity index (χ0) is 24.0. The Hall–Kier alpha value is -4.08. The molecule has 0 saturated heterocycles. The van der Waals surface area contributed by atoms with E-state index >= 15 is 0 Å². The Morgan fingerprint density at radius 3 is 1.59 bits per heavy atom. The summed E-state index contributed by atoms with van der Waals surface area (Å²) in [5.74, 6) is -1.14. The number of non-ortho nitro benzene ring substituents is 1. The van der Waals surface area contributed by atoms with Crippen molar-refractivity contribution in [2.45, 2.75) is 5.92 Å². The highest BCUT2D eigenvalue weighted by molar-refractivity contribution is 7.20. The van der Waals surface area contributed by atoms with Crippen LogP contribution in [0.1, 0.15) is 22.6 Å². The summed E-state index contributed by atoms with van der Waals surface area (Å²) >= 11 is 1.98. The number of nitrogens with zero attached hydrogens (tertiary/aromatic N) is 1. The van der Waals surface area contributed by atoms with Crippen LogP contribution in [-0.4, -0.2) is 15.1 Å². The summed E-state index contributed by atoms with van der Waals surface area (Å²) in [6.45, 7) is 0. The van der Waals surface area contributed by atoms with Crippen molar-refractivity contribution in [2.24, 2.45) is 0 Å². The standard InChI is InChI=1S/C25H15NO6S2/c27-22-15-5-1-3-7-17(15)33-24(29)20(22)19(13-9-11-14(12-10-13)26(31)32)21-23(28)16-6-2-4-8-18(16)34-25(21)30/h1-12,19,29-30H. The van der Waals surface area contributed by atoms with Crippen molar-refractivity contribution < 1.29 is 15.1 Å². The third-order valence-corrected chi connectivity index (χ3v) is 7.62. The molecule has 0 spiro atoms. The maximum Gasteiger partial charge on any atom is 0.269 e. The maximum atomic E-state index is 13.6. The van der Waals surface area contributed by atoms with Crippen LogP contribution in [0.5, 0.6) is 10.1 Å².